The third-order valence-electron chi connectivity index (χ3n) is 4.99. The molecule has 1 amide bonds. The molecule has 0 radical (unpaired) electrons. The summed E-state index contributed by atoms with van der Waals surface area (Å²) < 4.78 is 33.4. The number of sulfonamides is 1. The molecule has 1 N–H and O–H groups in total. The van der Waals surface area contributed by atoms with E-state index >= 15 is 0 Å². The largest absolute Gasteiger partial charge is 0.494 e. The zero-order chi connectivity index (χ0) is 20.4. The van der Waals surface area contributed by atoms with Gasteiger partial charge in [0, 0.05) is 19.0 Å². The monoisotopic (exact) mass is 410 g/mol. The highest BCUT2D eigenvalue weighted by Gasteiger charge is 2.25. The van der Waals surface area contributed by atoms with Crippen LogP contribution in [0.1, 0.15) is 18.4 Å². The first-order valence-electron chi connectivity index (χ1n) is 9.42. The molecule has 0 saturated carbocycles. The molecule has 0 atom stereocenters. The van der Waals surface area contributed by atoms with Gasteiger partial charge in [-0.25, -0.2) is 8.42 Å². The van der Waals surface area contributed by atoms with Crippen LogP contribution >= 0.6 is 0 Å². The number of amides is 1. The predicted molar refractivity (Wildman–Crippen MR) is 115 cm³/mol. The zero-order valence-corrected chi connectivity index (χ0v) is 16.9. The van der Waals surface area contributed by atoms with Gasteiger partial charge in [0.05, 0.1) is 24.2 Å². The molecular formula is C22H22N2O4S. The molecule has 4 rings (SSSR count). The van der Waals surface area contributed by atoms with Crippen LogP contribution < -0.4 is 14.4 Å². The fourth-order valence-electron chi connectivity index (χ4n) is 3.63. The molecule has 0 spiro atoms. The summed E-state index contributed by atoms with van der Waals surface area (Å²) in [4.78, 5) is 13.7. The Morgan fingerprint density at radius 3 is 2.55 bits per heavy atom. The second kappa shape index (κ2) is 7.75. The van der Waals surface area contributed by atoms with Gasteiger partial charge in [0.15, 0.2) is 0 Å². The lowest BCUT2D eigenvalue weighted by Crippen LogP contribution is -2.24. The van der Waals surface area contributed by atoms with Gasteiger partial charge in [-0.3, -0.25) is 9.52 Å². The van der Waals surface area contributed by atoms with Gasteiger partial charge in [-0.15, -0.1) is 0 Å². The van der Waals surface area contributed by atoms with Gasteiger partial charge in [0.2, 0.25) is 15.9 Å². The lowest BCUT2D eigenvalue weighted by atomic mass is 10.1. The second-order valence-electron chi connectivity index (χ2n) is 7.08. The van der Waals surface area contributed by atoms with Crippen LogP contribution in [0, 0.1) is 0 Å². The summed E-state index contributed by atoms with van der Waals surface area (Å²) in [6.45, 7) is 0.641. The topological polar surface area (TPSA) is 75.7 Å². The van der Waals surface area contributed by atoms with Gasteiger partial charge in [0.25, 0.3) is 0 Å². The lowest BCUT2D eigenvalue weighted by molar-refractivity contribution is -0.117. The van der Waals surface area contributed by atoms with Crippen LogP contribution in [0.2, 0.25) is 0 Å². The molecule has 6 nitrogen and oxygen atoms in total. The molecule has 3 aromatic rings. The van der Waals surface area contributed by atoms with Gasteiger partial charge in [0.1, 0.15) is 5.75 Å². The molecule has 0 aromatic heterocycles. The Kier molecular flexibility index (Phi) is 5.15. The minimum absolute atomic E-state index is 0.0490. The van der Waals surface area contributed by atoms with E-state index in [-0.39, 0.29) is 11.7 Å². The Hall–Kier alpha value is -3.06. The molecule has 1 aliphatic rings. The molecule has 29 heavy (non-hydrogen) atoms. The predicted octanol–water partition coefficient (Wildman–Crippen LogP) is 3.92. The summed E-state index contributed by atoms with van der Waals surface area (Å²) in [6.07, 6.45) is 1.32. The number of carbonyl (C=O) groups is 1. The highest BCUT2D eigenvalue weighted by molar-refractivity contribution is 7.91. The number of benzene rings is 3. The van der Waals surface area contributed by atoms with Crippen LogP contribution in [0.25, 0.3) is 10.8 Å². The fourth-order valence-corrected chi connectivity index (χ4v) is 4.81. The number of hydrogen-bond acceptors (Lipinski definition) is 4. The first-order valence-corrected chi connectivity index (χ1v) is 11.1. The minimum Gasteiger partial charge on any atom is -0.494 e. The summed E-state index contributed by atoms with van der Waals surface area (Å²) in [7, 11) is -2.10. The standard InChI is InChI=1S/C22H22N2O4S/c1-28-21-14-19(10-11-20(21)24-12-4-7-22(24)25)23-29(26,27)15-16-8-9-17-5-2-3-6-18(17)13-16/h2-3,5-6,8-11,13-14,23H,4,7,12,15H2,1H3. The van der Waals surface area contributed by atoms with Crippen LogP contribution in [0.5, 0.6) is 5.75 Å². The molecule has 150 valence electrons. The SMILES string of the molecule is COc1cc(NS(=O)(=O)Cc2ccc3ccccc3c2)ccc1N1CCCC1=O. The average molecular weight is 410 g/mol. The number of rotatable bonds is 6. The van der Waals surface area contributed by atoms with Crippen molar-refractivity contribution in [1.29, 1.82) is 0 Å². The van der Waals surface area contributed by atoms with Crippen LogP contribution in [0.3, 0.4) is 0 Å². The highest BCUT2D eigenvalue weighted by Crippen LogP contribution is 2.34. The summed E-state index contributed by atoms with van der Waals surface area (Å²) in [6, 6.07) is 18.4. The van der Waals surface area contributed by atoms with E-state index in [9.17, 15) is 13.2 Å². The van der Waals surface area contributed by atoms with E-state index in [1.807, 2.05) is 42.5 Å². The van der Waals surface area contributed by atoms with Crippen LogP contribution in [0.15, 0.2) is 60.7 Å². The summed E-state index contributed by atoms with van der Waals surface area (Å²) in [5.41, 5.74) is 1.77. The number of nitrogens with one attached hydrogen (secondary N) is 1. The van der Waals surface area contributed by atoms with Crippen molar-refractivity contribution in [1.82, 2.24) is 0 Å². The lowest BCUT2D eigenvalue weighted by Gasteiger charge is -2.20. The summed E-state index contributed by atoms with van der Waals surface area (Å²) in [5, 5.41) is 2.07. The van der Waals surface area contributed by atoms with E-state index in [2.05, 4.69) is 4.72 Å². The molecule has 7 heteroatoms. The number of nitrogens with zero attached hydrogens (tertiary/aromatic N) is 1. The third-order valence-corrected chi connectivity index (χ3v) is 6.25. The van der Waals surface area contributed by atoms with Crippen molar-refractivity contribution in [2.45, 2.75) is 18.6 Å². The molecule has 0 unspecified atom stereocenters. The molecule has 1 fully saturated rings. The highest BCUT2D eigenvalue weighted by atomic mass is 32.2. The van der Waals surface area contributed by atoms with Gasteiger partial charge < -0.3 is 9.64 Å². The normalized spacial score (nSPS) is 14.4. The second-order valence-corrected chi connectivity index (χ2v) is 8.80. The van der Waals surface area contributed by atoms with Gasteiger partial charge >= 0.3 is 0 Å². The smallest absolute Gasteiger partial charge is 0.236 e. The maximum absolute atomic E-state index is 12.7. The average Bonchev–Trinajstić information content (AvgIpc) is 3.12. The maximum atomic E-state index is 12.7. The number of ether oxygens (including phenoxy) is 1. The number of carbonyl (C=O) groups excluding carboxylic acids is 1. The van der Waals surface area contributed by atoms with E-state index in [0.29, 0.717) is 35.7 Å². The number of methoxy groups -OCH3 is 1. The van der Waals surface area contributed by atoms with Gasteiger partial charge in [-0.05, 0) is 34.9 Å². The first-order chi connectivity index (χ1) is 13.9. The maximum Gasteiger partial charge on any atom is 0.236 e. The van der Waals surface area contributed by atoms with Crippen molar-refractivity contribution in [2.75, 3.05) is 23.3 Å². The number of anilines is 2. The van der Waals surface area contributed by atoms with E-state index in [0.717, 1.165) is 17.2 Å². The first kappa shape index (κ1) is 19.3. The molecule has 0 aliphatic carbocycles. The Balaban J connectivity index is 1.54. The molecule has 3 aromatic carbocycles. The van der Waals surface area contributed by atoms with E-state index in [1.165, 1.54) is 7.11 Å². The Morgan fingerprint density at radius 1 is 1.03 bits per heavy atom. The Morgan fingerprint density at radius 2 is 1.83 bits per heavy atom. The number of hydrogen-bond donors (Lipinski definition) is 1. The summed E-state index contributed by atoms with van der Waals surface area (Å²) in [5.74, 6) is 0.381. The fraction of sp³-hybridized carbons (Fsp3) is 0.227. The molecule has 1 aliphatic heterocycles. The van der Waals surface area contributed by atoms with Crippen LogP contribution in [0.4, 0.5) is 11.4 Å². The minimum atomic E-state index is -3.61. The molecular weight excluding hydrogens is 388 g/mol. The molecule has 0 bridgehead atoms. The van der Waals surface area contributed by atoms with Crippen molar-refractivity contribution < 1.29 is 17.9 Å². The van der Waals surface area contributed by atoms with E-state index < -0.39 is 10.0 Å². The van der Waals surface area contributed by atoms with Gasteiger partial charge in [-0.1, -0.05) is 42.5 Å². The van der Waals surface area contributed by atoms with Crippen molar-refractivity contribution in [3.63, 3.8) is 0 Å². The quantitative estimate of drug-likeness (QED) is 0.668. The van der Waals surface area contributed by atoms with Crippen molar-refractivity contribution in [3.05, 3.63) is 66.2 Å². The van der Waals surface area contributed by atoms with Crippen molar-refractivity contribution in [2.24, 2.45) is 0 Å². The number of fused-ring (bicyclic) bond motifs is 1. The molecule has 1 saturated heterocycles. The zero-order valence-electron chi connectivity index (χ0n) is 16.1. The molecule has 1 heterocycles. The Bertz CT molecular complexity index is 1170. The summed E-state index contributed by atoms with van der Waals surface area (Å²) >= 11 is 0. The third kappa shape index (κ3) is 4.19. The van der Waals surface area contributed by atoms with Crippen molar-refractivity contribution in [3.8, 4) is 5.75 Å². The van der Waals surface area contributed by atoms with Crippen LogP contribution in [-0.2, 0) is 20.6 Å². The van der Waals surface area contributed by atoms with Crippen molar-refractivity contribution >= 4 is 38.1 Å². The van der Waals surface area contributed by atoms with E-state index in [4.69, 9.17) is 4.74 Å². The van der Waals surface area contributed by atoms with E-state index in [1.54, 1.807) is 23.1 Å². The van der Waals surface area contributed by atoms with Crippen LogP contribution in [-0.4, -0.2) is 28.0 Å². The Labute approximate surface area is 170 Å². The van der Waals surface area contributed by atoms with Gasteiger partial charge in [-0.2, -0.15) is 0 Å².